The van der Waals surface area contributed by atoms with Gasteiger partial charge in [0.15, 0.2) is 0 Å². The number of benzene rings is 1. The zero-order valence-corrected chi connectivity index (χ0v) is 11.5. The van der Waals surface area contributed by atoms with Gasteiger partial charge in [-0.25, -0.2) is 0 Å². The summed E-state index contributed by atoms with van der Waals surface area (Å²) in [5.41, 5.74) is 1.36. The van der Waals surface area contributed by atoms with Crippen molar-refractivity contribution >= 4 is 5.78 Å². The molecule has 0 aliphatic heterocycles. The molecule has 1 aromatic carbocycles. The summed E-state index contributed by atoms with van der Waals surface area (Å²) < 4.78 is 0. The van der Waals surface area contributed by atoms with Crippen molar-refractivity contribution < 1.29 is 15.0 Å². The van der Waals surface area contributed by atoms with Gasteiger partial charge in [0.1, 0.15) is 17.3 Å². The molecule has 0 spiro atoms. The summed E-state index contributed by atoms with van der Waals surface area (Å²) in [6, 6.07) is 3.27. The number of rotatable bonds is 5. The molecule has 0 saturated heterocycles. The zero-order valence-electron chi connectivity index (χ0n) is 11.5. The molecule has 0 unspecified atom stereocenters. The lowest BCUT2D eigenvalue weighted by molar-refractivity contribution is -0.122. The van der Waals surface area contributed by atoms with E-state index in [1.165, 1.54) is 0 Å². The van der Waals surface area contributed by atoms with E-state index in [4.69, 9.17) is 0 Å². The van der Waals surface area contributed by atoms with E-state index in [2.05, 4.69) is 0 Å². The van der Waals surface area contributed by atoms with E-state index in [0.29, 0.717) is 18.4 Å². The van der Waals surface area contributed by atoms with Gasteiger partial charge in [-0.2, -0.15) is 0 Å². The number of Topliss-reactive ketones (excluding diaryl/α,β-unsaturated/α-hetero) is 1. The van der Waals surface area contributed by atoms with Crippen molar-refractivity contribution in [3.8, 4) is 11.5 Å². The summed E-state index contributed by atoms with van der Waals surface area (Å²) in [5, 5.41) is 19.7. The maximum atomic E-state index is 11.6. The molecule has 2 N–H and O–H groups in total. The lowest BCUT2D eigenvalue weighted by atomic mass is 9.91. The van der Waals surface area contributed by atoms with Gasteiger partial charge in [0, 0.05) is 17.9 Å². The molecule has 0 amide bonds. The van der Waals surface area contributed by atoms with Crippen molar-refractivity contribution in [2.24, 2.45) is 5.92 Å². The highest BCUT2D eigenvalue weighted by Gasteiger charge is 2.17. The monoisotopic (exact) mass is 250 g/mol. The predicted molar refractivity (Wildman–Crippen MR) is 72.0 cm³/mol. The molecule has 0 saturated carbocycles. The van der Waals surface area contributed by atoms with Crippen LogP contribution >= 0.6 is 0 Å². The number of hydrogen-bond donors (Lipinski definition) is 2. The number of phenolic OH excluding ortho intramolecular Hbond substituents is 2. The van der Waals surface area contributed by atoms with Crippen LogP contribution in [0.3, 0.4) is 0 Å². The highest BCUT2D eigenvalue weighted by atomic mass is 16.3. The Labute approximate surface area is 108 Å². The smallest absolute Gasteiger partial charge is 0.135 e. The van der Waals surface area contributed by atoms with E-state index in [1.807, 2.05) is 27.7 Å². The third-order valence-corrected chi connectivity index (χ3v) is 3.24. The van der Waals surface area contributed by atoms with Gasteiger partial charge in [-0.3, -0.25) is 4.79 Å². The van der Waals surface area contributed by atoms with Gasteiger partial charge in [0.25, 0.3) is 0 Å². The Morgan fingerprint density at radius 1 is 1.17 bits per heavy atom. The van der Waals surface area contributed by atoms with Crippen molar-refractivity contribution in [1.82, 2.24) is 0 Å². The fraction of sp³-hybridized carbons (Fsp3) is 0.533. The van der Waals surface area contributed by atoms with Gasteiger partial charge in [0.05, 0.1) is 0 Å². The van der Waals surface area contributed by atoms with E-state index < -0.39 is 0 Å². The van der Waals surface area contributed by atoms with Gasteiger partial charge in [-0.05, 0) is 37.0 Å². The number of ketones is 1. The Hall–Kier alpha value is -1.51. The third-order valence-electron chi connectivity index (χ3n) is 3.24. The molecule has 0 radical (unpaired) electrons. The predicted octanol–water partition coefficient (Wildman–Crippen LogP) is 3.52. The van der Waals surface area contributed by atoms with Gasteiger partial charge in [0.2, 0.25) is 0 Å². The first-order chi connectivity index (χ1) is 8.32. The Bertz CT molecular complexity index is 412. The zero-order chi connectivity index (χ0) is 13.9. The van der Waals surface area contributed by atoms with Crippen LogP contribution in [0.15, 0.2) is 12.1 Å². The minimum atomic E-state index is -0.0340. The first-order valence-corrected chi connectivity index (χ1v) is 6.38. The van der Waals surface area contributed by atoms with E-state index in [1.54, 1.807) is 12.1 Å². The molecule has 0 heterocycles. The van der Waals surface area contributed by atoms with Crippen LogP contribution in [0.4, 0.5) is 0 Å². The van der Waals surface area contributed by atoms with Gasteiger partial charge < -0.3 is 10.2 Å². The summed E-state index contributed by atoms with van der Waals surface area (Å²) in [4.78, 5) is 11.6. The van der Waals surface area contributed by atoms with Gasteiger partial charge in [-0.15, -0.1) is 0 Å². The molecule has 1 atom stereocenters. The second kappa shape index (κ2) is 5.89. The quantitative estimate of drug-likeness (QED) is 0.840. The lowest BCUT2D eigenvalue weighted by Gasteiger charge is -2.16. The van der Waals surface area contributed by atoms with Crippen LogP contribution in [0.5, 0.6) is 11.5 Å². The maximum Gasteiger partial charge on any atom is 0.135 e. The highest BCUT2D eigenvalue weighted by Crippen LogP contribution is 2.37. The van der Waals surface area contributed by atoms with Crippen LogP contribution in [0.25, 0.3) is 0 Å². The molecule has 0 aromatic heterocycles. The first kappa shape index (κ1) is 14.6. The minimum absolute atomic E-state index is 0.0340. The highest BCUT2D eigenvalue weighted by molar-refractivity contribution is 5.80. The molecule has 0 fully saturated rings. The van der Waals surface area contributed by atoms with Crippen molar-refractivity contribution in [1.29, 1.82) is 0 Å². The average molecular weight is 250 g/mol. The summed E-state index contributed by atoms with van der Waals surface area (Å²) in [6.07, 6.45) is 1.12. The number of carbonyl (C=O) groups is 1. The Morgan fingerprint density at radius 2 is 1.67 bits per heavy atom. The van der Waals surface area contributed by atoms with Crippen molar-refractivity contribution in [2.75, 3.05) is 0 Å². The summed E-state index contributed by atoms with van der Waals surface area (Å²) in [6.45, 7) is 7.50. The van der Waals surface area contributed by atoms with Crippen LogP contribution in [-0.4, -0.2) is 16.0 Å². The molecule has 0 aliphatic carbocycles. The Balaban J connectivity index is 2.79. The van der Waals surface area contributed by atoms with Crippen LogP contribution in [0, 0.1) is 12.8 Å². The first-order valence-electron chi connectivity index (χ1n) is 6.38. The molecule has 100 valence electrons. The van der Waals surface area contributed by atoms with E-state index in [9.17, 15) is 15.0 Å². The van der Waals surface area contributed by atoms with Crippen LogP contribution in [0.1, 0.15) is 50.7 Å². The summed E-state index contributed by atoms with van der Waals surface area (Å²) in [7, 11) is 0. The molecule has 18 heavy (non-hydrogen) atoms. The van der Waals surface area contributed by atoms with Crippen LogP contribution in [-0.2, 0) is 4.79 Å². The Kier molecular flexibility index (Phi) is 4.76. The number of phenols is 2. The lowest BCUT2D eigenvalue weighted by Crippen LogP contribution is -2.08. The molecule has 1 rings (SSSR count). The van der Waals surface area contributed by atoms with Crippen molar-refractivity contribution in [3.05, 3.63) is 23.3 Å². The SMILES string of the molecule is Cc1cc(O)c([C@H](C)CCC(=O)C(C)C)c(O)c1. The molecule has 3 nitrogen and oxygen atoms in total. The minimum Gasteiger partial charge on any atom is -0.508 e. The Morgan fingerprint density at radius 3 is 2.11 bits per heavy atom. The molecule has 1 aromatic rings. The van der Waals surface area contributed by atoms with Crippen LogP contribution in [0.2, 0.25) is 0 Å². The number of aromatic hydroxyl groups is 2. The number of aryl methyl sites for hydroxylation is 1. The fourth-order valence-electron chi connectivity index (χ4n) is 2.06. The van der Waals surface area contributed by atoms with E-state index in [-0.39, 0.29) is 29.1 Å². The maximum absolute atomic E-state index is 11.6. The van der Waals surface area contributed by atoms with E-state index >= 15 is 0 Å². The summed E-state index contributed by atoms with van der Waals surface area (Å²) >= 11 is 0. The normalized spacial score (nSPS) is 12.7. The second-order valence-corrected chi connectivity index (χ2v) is 5.28. The fourth-order valence-corrected chi connectivity index (χ4v) is 2.06. The molecular formula is C15H22O3. The third kappa shape index (κ3) is 3.49. The van der Waals surface area contributed by atoms with E-state index in [0.717, 1.165) is 5.56 Å². The number of hydrogen-bond acceptors (Lipinski definition) is 3. The van der Waals surface area contributed by atoms with Gasteiger partial charge >= 0.3 is 0 Å². The average Bonchev–Trinajstić information content (AvgIpc) is 2.24. The number of carbonyl (C=O) groups excluding carboxylic acids is 1. The molecule has 0 aliphatic rings. The van der Waals surface area contributed by atoms with Gasteiger partial charge in [-0.1, -0.05) is 20.8 Å². The van der Waals surface area contributed by atoms with Crippen LogP contribution < -0.4 is 0 Å². The standard InChI is InChI=1S/C15H22O3/c1-9(2)12(16)6-5-11(4)15-13(17)7-10(3)8-14(15)18/h7-9,11,17-18H,5-6H2,1-4H3/t11-/m1/s1. The topological polar surface area (TPSA) is 57.5 Å². The van der Waals surface area contributed by atoms with Crippen molar-refractivity contribution in [2.45, 2.75) is 46.5 Å². The molecule has 0 bridgehead atoms. The van der Waals surface area contributed by atoms with Crippen molar-refractivity contribution in [3.63, 3.8) is 0 Å². The molecule has 3 heteroatoms. The second-order valence-electron chi connectivity index (χ2n) is 5.28. The summed E-state index contributed by atoms with van der Waals surface area (Å²) in [5.74, 6) is 0.438. The molecular weight excluding hydrogens is 228 g/mol. The largest absolute Gasteiger partial charge is 0.508 e.